The number of carbonyl (C=O) groups is 2. The molecule has 1 fully saturated rings. The molecule has 0 unspecified atom stereocenters. The van der Waals surface area contributed by atoms with E-state index in [1.54, 1.807) is 53.4 Å². The van der Waals surface area contributed by atoms with Crippen molar-refractivity contribution in [1.82, 2.24) is 5.32 Å². The molecule has 5 nitrogen and oxygen atoms in total. The normalized spacial score (nSPS) is 23.4. The number of carbonyl (C=O) groups excluding carboxylic acids is 2. The SMILES string of the molecule is C[C@H]1[C@H](C)CCC[C@@H]1NC(=O)c1ccc2c(c1)N(Cc1cccc(Cl)c1)C(=O)c1ccccc1[S@]2=O. The van der Waals surface area contributed by atoms with Gasteiger partial charge in [-0.1, -0.05) is 62.6 Å². The second-order valence-electron chi connectivity index (χ2n) is 9.82. The Labute approximate surface area is 219 Å². The number of hydrogen-bond donors (Lipinski definition) is 1. The molecule has 2 amide bonds. The summed E-state index contributed by atoms with van der Waals surface area (Å²) in [4.78, 5) is 29.7. The molecule has 3 aromatic carbocycles. The van der Waals surface area contributed by atoms with Crippen LogP contribution in [0, 0.1) is 11.8 Å². The van der Waals surface area contributed by atoms with Gasteiger partial charge in [0.25, 0.3) is 11.8 Å². The lowest BCUT2D eigenvalue weighted by atomic mass is 9.78. The molecule has 0 spiro atoms. The Bertz CT molecular complexity index is 1360. The Kier molecular flexibility index (Phi) is 7.00. The van der Waals surface area contributed by atoms with Gasteiger partial charge in [-0.2, -0.15) is 0 Å². The van der Waals surface area contributed by atoms with Gasteiger partial charge >= 0.3 is 0 Å². The molecule has 0 radical (unpaired) electrons. The van der Waals surface area contributed by atoms with E-state index in [-0.39, 0.29) is 24.4 Å². The first-order valence-corrected chi connectivity index (χ1v) is 13.9. The summed E-state index contributed by atoms with van der Waals surface area (Å²) in [6.07, 6.45) is 3.24. The Balaban J connectivity index is 1.55. The summed E-state index contributed by atoms with van der Waals surface area (Å²) < 4.78 is 13.6. The Morgan fingerprint density at radius 3 is 2.64 bits per heavy atom. The van der Waals surface area contributed by atoms with Gasteiger partial charge in [0.1, 0.15) is 0 Å². The first kappa shape index (κ1) is 24.7. The van der Waals surface area contributed by atoms with Crippen molar-refractivity contribution >= 4 is 39.9 Å². The van der Waals surface area contributed by atoms with E-state index in [1.165, 1.54) is 6.42 Å². The number of fused-ring (bicyclic) bond motifs is 2. The van der Waals surface area contributed by atoms with Gasteiger partial charge in [0.05, 0.1) is 38.4 Å². The maximum atomic E-state index is 13.8. The predicted octanol–water partition coefficient (Wildman–Crippen LogP) is 6.22. The molecule has 3 aromatic rings. The lowest BCUT2D eigenvalue weighted by Gasteiger charge is -2.34. The minimum atomic E-state index is -1.57. The van der Waals surface area contributed by atoms with Gasteiger partial charge in [-0.05, 0) is 66.3 Å². The van der Waals surface area contributed by atoms with E-state index in [1.807, 2.05) is 18.2 Å². The van der Waals surface area contributed by atoms with Crippen LogP contribution >= 0.6 is 11.6 Å². The minimum absolute atomic E-state index is 0.114. The van der Waals surface area contributed by atoms with Crippen molar-refractivity contribution < 1.29 is 13.8 Å². The molecule has 5 rings (SSSR count). The molecule has 1 aliphatic heterocycles. The van der Waals surface area contributed by atoms with Crippen molar-refractivity contribution in [2.45, 2.75) is 55.5 Å². The molecule has 1 aliphatic carbocycles. The van der Waals surface area contributed by atoms with Crippen LogP contribution in [0.1, 0.15) is 59.4 Å². The largest absolute Gasteiger partial charge is 0.349 e. The first-order valence-electron chi connectivity index (χ1n) is 12.4. The van der Waals surface area contributed by atoms with Gasteiger partial charge in [-0.25, -0.2) is 4.21 Å². The van der Waals surface area contributed by atoms with Crippen molar-refractivity contribution in [1.29, 1.82) is 0 Å². The van der Waals surface area contributed by atoms with Gasteiger partial charge in [0.2, 0.25) is 0 Å². The van der Waals surface area contributed by atoms with Gasteiger partial charge in [0, 0.05) is 16.6 Å². The third-order valence-electron chi connectivity index (χ3n) is 7.53. The van der Waals surface area contributed by atoms with Crippen molar-refractivity contribution in [3.63, 3.8) is 0 Å². The van der Waals surface area contributed by atoms with Crippen LogP contribution < -0.4 is 10.2 Å². The van der Waals surface area contributed by atoms with Gasteiger partial charge in [0.15, 0.2) is 0 Å². The molecule has 186 valence electrons. The fourth-order valence-electron chi connectivity index (χ4n) is 5.22. The van der Waals surface area contributed by atoms with E-state index in [0.29, 0.717) is 43.5 Å². The molecule has 4 atom stereocenters. The van der Waals surface area contributed by atoms with Crippen molar-refractivity contribution in [3.05, 3.63) is 88.4 Å². The van der Waals surface area contributed by atoms with Gasteiger partial charge in [-0.15, -0.1) is 0 Å². The maximum absolute atomic E-state index is 13.8. The smallest absolute Gasteiger partial charge is 0.259 e. The second kappa shape index (κ2) is 10.2. The fourth-order valence-corrected chi connectivity index (χ4v) is 6.77. The monoisotopic (exact) mass is 520 g/mol. The van der Waals surface area contributed by atoms with Gasteiger partial charge in [-0.3, -0.25) is 9.59 Å². The van der Waals surface area contributed by atoms with Crippen molar-refractivity contribution in [2.24, 2.45) is 11.8 Å². The summed E-state index contributed by atoms with van der Waals surface area (Å²) in [5.74, 6) is 0.519. The predicted molar refractivity (Wildman–Crippen MR) is 143 cm³/mol. The van der Waals surface area contributed by atoms with Crippen LogP contribution in [-0.2, 0) is 17.3 Å². The number of benzene rings is 3. The van der Waals surface area contributed by atoms with E-state index in [0.717, 1.165) is 18.4 Å². The molecule has 0 bridgehead atoms. The highest BCUT2D eigenvalue weighted by Gasteiger charge is 2.33. The highest BCUT2D eigenvalue weighted by atomic mass is 35.5. The Morgan fingerprint density at radius 1 is 1.03 bits per heavy atom. The van der Waals surface area contributed by atoms with E-state index >= 15 is 0 Å². The van der Waals surface area contributed by atoms with Gasteiger partial charge < -0.3 is 10.2 Å². The zero-order valence-corrected chi connectivity index (χ0v) is 21.9. The lowest BCUT2D eigenvalue weighted by molar-refractivity contribution is 0.0889. The first-order chi connectivity index (χ1) is 17.3. The molecule has 1 saturated carbocycles. The quantitative estimate of drug-likeness (QED) is 0.444. The highest BCUT2D eigenvalue weighted by molar-refractivity contribution is 7.85. The maximum Gasteiger partial charge on any atom is 0.259 e. The third kappa shape index (κ3) is 4.72. The molecular weight excluding hydrogens is 492 g/mol. The summed E-state index contributed by atoms with van der Waals surface area (Å²) in [6, 6.07) is 19.5. The van der Waals surface area contributed by atoms with E-state index < -0.39 is 10.8 Å². The van der Waals surface area contributed by atoms with Crippen molar-refractivity contribution in [3.8, 4) is 0 Å². The van der Waals surface area contributed by atoms with E-state index in [2.05, 4.69) is 19.2 Å². The summed E-state index contributed by atoms with van der Waals surface area (Å²) in [6.45, 7) is 4.66. The number of amides is 2. The van der Waals surface area contributed by atoms with Crippen LogP contribution in [-0.4, -0.2) is 22.1 Å². The molecule has 0 saturated heterocycles. The summed E-state index contributed by atoms with van der Waals surface area (Å²) in [5.41, 5.74) is 2.16. The highest BCUT2D eigenvalue weighted by Crippen LogP contribution is 2.36. The van der Waals surface area contributed by atoms with Crippen LogP contribution in [0.5, 0.6) is 0 Å². The minimum Gasteiger partial charge on any atom is -0.349 e. The van der Waals surface area contributed by atoms with Crippen LogP contribution in [0.4, 0.5) is 5.69 Å². The number of nitrogens with zero attached hydrogens (tertiary/aromatic N) is 1. The summed E-state index contributed by atoms with van der Waals surface area (Å²) in [7, 11) is -1.57. The summed E-state index contributed by atoms with van der Waals surface area (Å²) in [5, 5.41) is 3.79. The molecule has 1 N–H and O–H groups in total. The molecule has 7 heteroatoms. The number of rotatable bonds is 4. The number of hydrogen-bond acceptors (Lipinski definition) is 3. The molecule has 2 aliphatic rings. The lowest BCUT2D eigenvalue weighted by Crippen LogP contribution is -2.43. The van der Waals surface area contributed by atoms with E-state index in [4.69, 9.17) is 11.6 Å². The Hall–Kier alpha value is -2.96. The molecule has 1 heterocycles. The van der Waals surface area contributed by atoms with Crippen molar-refractivity contribution in [2.75, 3.05) is 4.90 Å². The second-order valence-corrected chi connectivity index (χ2v) is 11.7. The zero-order chi connectivity index (χ0) is 25.4. The number of anilines is 1. The summed E-state index contributed by atoms with van der Waals surface area (Å²) >= 11 is 6.21. The molecular formula is C29H29ClN2O3S. The standard InChI is InChI=1S/C29H29ClN2O3S/c1-18-7-5-11-24(19(18)2)31-28(33)21-13-14-27-25(16-21)32(17-20-8-6-9-22(30)15-20)29(34)23-10-3-4-12-26(23)36(27)35/h3-4,6,8-10,12-16,18-19,24H,5,7,11,17H2,1-2H3,(H,31,33)/t18-,19+,24+,36-/m1/s1. The van der Waals surface area contributed by atoms with Crippen LogP contribution in [0.3, 0.4) is 0 Å². The van der Waals surface area contributed by atoms with Crippen LogP contribution in [0.15, 0.2) is 76.5 Å². The van der Waals surface area contributed by atoms with Crippen LogP contribution in [0.25, 0.3) is 0 Å². The Morgan fingerprint density at radius 2 is 1.83 bits per heavy atom. The fraction of sp³-hybridized carbons (Fsp3) is 0.310. The van der Waals surface area contributed by atoms with E-state index in [9.17, 15) is 13.8 Å². The van der Waals surface area contributed by atoms with Crippen LogP contribution in [0.2, 0.25) is 5.02 Å². The number of nitrogens with one attached hydrogen (secondary N) is 1. The average Bonchev–Trinajstić information content (AvgIpc) is 2.96. The molecule has 0 aromatic heterocycles. The number of halogens is 1. The molecule has 36 heavy (non-hydrogen) atoms. The third-order valence-corrected chi connectivity index (χ3v) is 9.26. The average molecular weight is 521 g/mol. The topological polar surface area (TPSA) is 66.5 Å². The zero-order valence-electron chi connectivity index (χ0n) is 20.4.